The van der Waals surface area contributed by atoms with E-state index in [1.165, 1.54) is 7.11 Å². The lowest BCUT2D eigenvalue weighted by atomic mass is 10.2. The van der Waals surface area contributed by atoms with Crippen molar-refractivity contribution in [3.63, 3.8) is 0 Å². The fourth-order valence-electron chi connectivity index (χ4n) is 1.63. The lowest BCUT2D eigenvalue weighted by molar-refractivity contribution is 0.292. The second kappa shape index (κ2) is 8.10. The van der Waals surface area contributed by atoms with Gasteiger partial charge >= 0.3 is 0 Å². The molecule has 0 radical (unpaired) electrons. The normalized spacial score (nSPS) is 11.4. The maximum atomic E-state index is 11.4. The minimum absolute atomic E-state index is 0.128. The average molecular weight is 386 g/mol. The maximum Gasteiger partial charge on any atom is 0.165 e. The van der Waals surface area contributed by atoms with E-state index in [1.807, 2.05) is 0 Å². The summed E-state index contributed by atoms with van der Waals surface area (Å²) in [6, 6.07) is 3.46. The molecule has 0 saturated carbocycles. The van der Waals surface area contributed by atoms with Gasteiger partial charge in [-0.05, 0) is 12.5 Å². The Morgan fingerprint density at radius 3 is 2.60 bits per heavy atom. The van der Waals surface area contributed by atoms with E-state index in [4.69, 9.17) is 21.1 Å². The van der Waals surface area contributed by atoms with Crippen LogP contribution in [-0.4, -0.2) is 33.6 Å². The third kappa shape index (κ3) is 5.14. The van der Waals surface area contributed by atoms with Gasteiger partial charge in [-0.15, -0.1) is 0 Å². The number of benzene rings is 1. The number of methoxy groups -OCH3 is 1. The molecular formula is C13H18BrClO4S. The first kappa shape index (κ1) is 17.6. The van der Waals surface area contributed by atoms with Crippen LogP contribution in [0.25, 0.3) is 0 Å². The first-order valence-corrected chi connectivity index (χ1v) is 9.51. The average Bonchev–Trinajstić information content (AvgIpc) is 2.43. The van der Waals surface area contributed by atoms with Gasteiger partial charge < -0.3 is 9.47 Å². The topological polar surface area (TPSA) is 52.6 Å². The smallest absolute Gasteiger partial charge is 0.165 e. The molecule has 0 bridgehead atoms. The van der Waals surface area contributed by atoms with E-state index in [0.717, 1.165) is 5.56 Å². The molecule has 0 amide bonds. The molecule has 7 heteroatoms. The number of ether oxygens (including phenoxy) is 2. The zero-order chi connectivity index (χ0) is 15.2. The molecule has 0 aliphatic rings. The lowest BCUT2D eigenvalue weighted by Gasteiger charge is -2.14. The maximum absolute atomic E-state index is 11.4. The van der Waals surface area contributed by atoms with E-state index in [1.54, 1.807) is 19.1 Å². The Hall–Kier alpha value is -0.460. The Morgan fingerprint density at radius 2 is 2.05 bits per heavy atom. The summed E-state index contributed by atoms with van der Waals surface area (Å²) in [5.74, 6) is 1.43. The minimum Gasteiger partial charge on any atom is -0.493 e. The molecule has 0 N–H and O–H groups in total. The van der Waals surface area contributed by atoms with E-state index in [9.17, 15) is 8.42 Å². The predicted octanol–water partition coefficient (Wildman–Crippen LogP) is 3.45. The third-order valence-corrected chi connectivity index (χ3v) is 5.36. The van der Waals surface area contributed by atoms with Crippen molar-refractivity contribution in [1.82, 2.24) is 0 Å². The van der Waals surface area contributed by atoms with Crippen LogP contribution in [0, 0.1) is 0 Å². The molecule has 0 fully saturated rings. The van der Waals surface area contributed by atoms with Crippen LogP contribution in [-0.2, 0) is 15.2 Å². The highest BCUT2D eigenvalue weighted by molar-refractivity contribution is 9.08. The van der Waals surface area contributed by atoms with Gasteiger partial charge in [-0.25, -0.2) is 8.42 Å². The zero-order valence-corrected chi connectivity index (χ0v) is 14.6. The van der Waals surface area contributed by atoms with E-state index >= 15 is 0 Å². The highest BCUT2D eigenvalue weighted by atomic mass is 79.9. The predicted molar refractivity (Wildman–Crippen MR) is 85.1 cm³/mol. The van der Waals surface area contributed by atoms with E-state index in [-0.39, 0.29) is 11.5 Å². The van der Waals surface area contributed by atoms with Crippen molar-refractivity contribution in [2.45, 2.75) is 18.7 Å². The standard InChI is InChI=1S/C13H18BrClO4S/c1-3-20(16,17)6-4-5-19-13-10(9-14)7-11(15)8-12(13)18-2/h7-8H,3-6,9H2,1-2H3. The summed E-state index contributed by atoms with van der Waals surface area (Å²) in [4.78, 5) is 0. The Labute approximate surface area is 133 Å². The molecule has 1 rings (SSSR count). The number of hydrogen-bond acceptors (Lipinski definition) is 4. The number of alkyl halides is 1. The van der Waals surface area contributed by atoms with Gasteiger partial charge in [0.15, 0.2) is 11.5 Å². The molecule has 20 heavy (non-hydrogen) atoms. The second-order valence-electron chi connectivity index (χ2n) is 4.17. The molecule has 0 atom stereocenters. The van der Waals surface area contributed by atoms with Crippen molar-refractivity contribution < 1.29 is 17.9 Å². The van der Waals surface area contributed by atoms with Crippen LogP contribution in [0.1, 0.15) is 18.9 Å². The molecule has 0 saturated heterocycles. The van der Waals surface area contributed by atoms with Gasteiger partial charge in [0.25, 0.3) is 0 Å². The molecule has 0 spiro atoms. The van der Waals surface area contributed by atoms with Crippen LogP contribution in [0.4, 0.5) is 0 Å². The molecule has 1 aromatic rings. The van der Waals surface area contributed by atoms with Gasteiger partial charge in [-0.2, -0.15) is 0 Å². The summed E-state index contributed by atoms with van der Waals surface area (Å²) in [5.41, 5.74) is 0.868. The molecule has 0 aliphatic heterocycles. The van der Waals surface area contributed by atoms with Crippen molar-refractivity contribution >= 4 is 37.4 Å². The number of rotatable bonds is 8. The highest BCUT2D eigenvalue weighted by Gasteiger charge is 2.13. The molecule has 0 unspecified atom stereocenters. The highest BCUT2D eigenvalue weighted by Crippen LogP contribution is 2.35. The Bertz CT molecular complexity index is 520. The van der Waals surface area contributed by atoms with Crippen LogP contribution < -0.4 is 9.47 Å². The van der Waals surface area contributed by atoms with Gasteiger partial charge in [0, 0.05) is 27.7 Å². The Kier molecular flexibility index (Phi) is 7.12. The molecule has 1 aromatic carbocycles. The Balaban J connectivity index is 2.72. The molecule has 0 aromatic heterocycles. The van der Waals surface area contributed by atoms with Gasteiger partial charge in [0.1, 0.15) is 9.84 Å². The monoisotopic (exact) mass is 384 g/mol. The molecule has 0 heterocycles. The molecular weight excluding hydrogens is 368 g/mol. The SMILES string of the molecule is CCS(=O)(=O)CCCOc1c(CBr)cc(Cl)cc1OC. The fourth-order valence-corrected chi connectivity index (χ4v) is 3.13. The summed E-state index contributed by atoms with van der Waals surface area (Å²) in [6.07, 6.45) is 0.448. The first-order valence-electron chi connectivity index (χ1n) is 6.19. The number of halogens is 2. The van der Waals surface area contributed by atoms with E-state index in [2.05, 4.69) is 15.9 Å². The first-order chi connectivity index (χ1) is 9.43. The van der Waals surface area contributed by atoms with Crippen molar-refractivity contribution in [3.05, 3.63) is 22.7 Å². The number of sulfone groups is 1. The fraction of sp³-hybridized carbons (Fsp3) is 0.538. The quantitative estimate of drug-likeness (QED) is 0.508. The number of hydrogen-bond donors (Lipinski definition) is 0. The molecule has 0 aliphatic carbocycles. The Morgan fingerprint density at radius 1 is 1.35 bits per heavy atom. The molecule has 114 valence electrons. The minimum atomic E-state index is -2.95. The largest absolute Gasteiger partial charge is 0.493 e. The van der Waals surface area contributed by atoms with E-state index < -0.39 is 9.84 Å². The second-order valence-corrected chi connectivity index (χ2v) is 7.64. The van der Waals surface area contributed by atoms with Crippen molar-refractivity contribution in [2.75, 3.05) is 25.2 Å². The lowest BCUT2D eigenvalue weighted by Crippen LogP contribution is -2.12. The summed E-state index contributed by atoms with van der Waals surface area (Å²) < 4.78 is 33.7. The van der Waals surface area contributed by atoms with Crippen LogP contribution in [0.5, 0.6) is 11.5 Å². The van der Waals surface area contributed by atoms with Gasteiger partial charge in [0.2, 0.25) is 0 Å². The van der Waals surface area contributed by atoms with Crippen molar-refractivity contribution in [3.8, 4) is 11.5 Å². The summed E-state index contributed by atoms with van der Waals surface area (Å²) in [7, 11) is -1.41. The zero-order valence-electron chi connectivity index (χ0n) is 11.5. The third-order valence-electron chi connectivity index (χ3n) is 2.75. The van der Waals surface area contributed by atoms with Crippen molar-refractivity contribution in [2.24, 2.45) is 0 Å². The summed E-state index contributed by atoms with van der Waals surface area (Å²) in [5, 5.41) is 1.14. The van der Waals surface area contributed by atoms with Crippen LogP contribution >= 0.6 is 27.5 Å². The van der Waals surface area contributed by atoms with Crippen LogP contribution in [0.15, 0.2) is 12.1 Å². The van der Waals surface area contributed by atoms with Gasteiger partial charge in [-0.1, -0.05) is 34.5 Å². The molecule has 4 nitrogen and oxygen atoms in total. The van der Waals surface area contributed by atoms with Crippen molar-refractivity contribution in [1.29, 1.82) is 0 Å². The summed E-state index contributed by atoms with van der Waals surface area (Å²) in [6.45, 7) is 1.96. The van der Waals surface area contributed by atoms with Crippen LogP contribution in [0.3, 0.4) is 0 Å². The van der Waals surface area contributed by atoms with E-state index in [0.29, 0.717) is 34.9 Å². The van der Waals surface area contributed by atoms with Gasteiger partial charge in [0.05, 0.1) is 19.5 Å². The summed E-state index contributed by atoms with van der Waals surface area (Å²) >= 11 is 9.35. The van der Waals surface area contributed by atoms with Crippen LogP contribution in [0.2, 0.25) is 5.02 Å². The van der Waals surface area contributed by atoms with Gasteiger partial charge in [-0.3, -0.25) is 0 Å².